The van der Waals surface area contributed by atoms with Crippen molar-refractivity contribution < 1.29 is 14.3 Å². The summed E-state index contributed by atoms with van der Waals surface area (Å²) in [5, 5.41) is 19.7. The standard InChI is InChI=1S/C17H15FN6O2/c18-12-3-1-2-4-14(12)24-15(10-7-11(8-10)21-17(25)26)22-23-16(24)13-9-19-5-6-20-13/h1-6,9-11,21H,7-8H2,(H,25,26). The lowest BCUT2D eigenvalue weighted by Crippen LogP contribution is -2.43. The second kappa shape index (κ2) is 6.51. The van der Waals surface area contributed by atoms with Gasteiger partial charge in [-0.15, -0.1) is 10.2 Å². The maximum absolute atomic E-state index is 14.5. The van der Waals surface area contributed by atoms with Gasteiger partial charge in [0.1, 0.15) is 17.3 Å². The second-order valence-corrected chi connectivity index (χ2v) is 6.07. The Morgan fingerprint density at radius 3 is 2.73 bits per heavy atom. The van der Waals surface area contributed by atoms with E-state index in [1.165, 1.54) is 12.3 Å². The van der Waals surface area contributed by atoms with Crippen LogP contribution < -0.4 is 5.32 Å². The van der Waals surface area contributed by atoms with Crippen molar-refractivity contribution in [1.29, 1.82) is 0 Å². The Labute approximate surface area is 147 Å². The summed E-state index contributed by atoms with van der Waals surface area (Å²) in [6.07, 6.45) is 4.73. The van der Waals surface area contributed by atoms with E-state index in [1.54, 1.807) is 35.2 Å². The average molecular weight is 354 g/mol. The molecule has 8 nitrogen and oxygen atoms in total. The van der Waals surface area contributed by atoms with Crippen molar-refractivity contribution in [3.8, 4) is 17.2 Å². The van der Waals surface area contributed by atoms with E-state index >= 15 is 0 Å². The predicted molar refractivity (Wildman–Crippen MR) is 89.3 cm³/mol. The number of amides is 1. The van der Waals surface area contributed by atoms with Crippen LogP contribution in [0.5, 0.6) is 0 Å². The highest BCUT2D eigenvalue weighted by atomic mass is 19.1. The first-order valence-corrected chi connectivity index (χ1v) is 8.09. The van der Waals surface area contributed by atoms with Crippen LogP contribution in [0.2, 0.25) is 0 Å². The number of benzene rings is 1. The van der Waals surface area contributed by atoms with Gasteiger partial charge in [-0.1, -0.05) is 12.1 Å². The molecular formula is C17H15FN6O2. The van der Waals surface area contributed by atoms with Crippen molar-refractivity contribution >= 4 is 6.09 Å². The number of carbonyl (C=O) groups is 1. The van der Waals surface area contributed by atoms with Crippen LogP contribution in [0.15, 0.2) is 42.9 Å². The fraction of sp³-hybridized carbons (Fsp3) is 0.235. The van der Waals surface area contributed by atoms with Gasteiger partial charge >= 0.3 is 6.09 Å². The Bertz CT molecular complexity index is 939. The van der Waals surface area contributed by atoms with Gasteiger partial charge in [0.15, 0.2) is 5.82 Å². The highest BCUT2D eigenvalue weighted by Crippen LogP contribution is 2.38. The van der Waals surface area contributed by atoms with Gasteiger partial charge in [-0.2, -0.15) is 0 Å². The number of nitrogens with one attached hydrogen (secondary N) is 1. The molecule has 1 aliphatic carbocycles. The van der Waals surface area contributed by atoms with E-state index in [0.29, 0.717) is 35.9 Å². The van der Waals surface area contributed by atoms with Crippen LogP contribution in [0.4, 0.5) is 9.18 Å². The molecule has 3 aromatic rings. The first-order chi connectivity index (χ1) is 12.6. The third-order valence-corrected chi connectivity index (χ3v) is 4.40. The lowest BCUT2D eigenvalue weighted by molar-refractivity contribution is 0.176. The van der Waals surface area contributed by atoms with Gasteiger partial charge in [-0.05, 0) is 25.0 Å². The SMILES string of the molecule is O=C(O)NC1CC(c2nnc(-c3cnccn3)n2-c2ccccc2F)C1. The lowest BCUT2D eigenvalue weighted by atomic mass is 9.79. The fourth-order valence-corrected chi connectivity index (χ4v) is 3.13. The molecule has 1 fully saturated rings. The van der Waals surface area contributed by atoms with Crippen LogP contribution in [0.3, 0.4) is 0 Å². The fourth-order valence-electron chi connectivity index (χ4n) is 3.13. The molecule has 0 atom stereocenters. The summed E-state index contributed by atoms with van der Waals surface area (Å²) in [6.45, 7) is 0. The third-order valence-electron chi connectivity index (χ3n) is 4.40. The Kier molecular flexibility index (Phi) is 4.04. The monoisotopic (exact) mass is 354 g/mol. The van der Waals surface area contributed by atoms with E-state index in [4.69, 9.17) is 5.11 Å². The summed E-state index contributed by atoms with van der Waals surface area (Å²) < 4.78 is 16.1. The zero-order chi connectivity index (χ0) is 18.1. The molecule has 1 aromatic carbocycles. The van der Waals surface area contributed by atoms with E-state index in [0.717, 1.165) is 0 Å². The topological polar surface area (TPSA) is 106 Å². The maximum atomic E-state index is 14.5. The molecule has 0 unspecified atom stereocenters. The van der Waals surface area contributed by atoms with Crippen molar-refractivity contribution in [1.82, 2.24) is 30.0 Å². The van der Waals surface area contributed by atoms with Crippen molar-refractivity contribution in [2.75, 3.05) is 0 Å². The van der Waals surface area contributed by atoms with E-state index in [2.05, 4.69) is 25.5 Å². The van der Waals surface area contributed by atoms with Crippen LogP contribution in [-0.2, 0) is 0 Å². The van der Waals surface area contributed by atoms with Crippen molar-refractivity contribution in [3.63, 3.8) is 0 Å². The number of hydrogen-bond donors (Lipinski definition) is 2. The van der Waals surface area contributed by atoms with Crippen LogP contribution in [0.1, 0.15) is 24.6 Å². The molecule has 2 heterocycles. The summed E-state index contributed by atoms with van der Waals surface area (Å²) in [5.41, 5.74) is 0.803. The summed E-state index contributed by atoms with van der Waals surface area (Å²) in [5.74, 6) is 0.551. The number of aromatic nitrogens is 5. The van der Waals surface area contributed by atoms with Gasteiger partial charge in [0.05, 0.1) is 11.9 Å². The predicted octanol–water partition coefficient (Wildman–Crippen LogP) is 2.38. The van der Waals surface area contributed by atoms with Gasteiger partial charge in [0.2, 0.25) is 0 Å². The molecule has 2 aromatic heterocycles. The molecule has 132 valence electrons. The van der Waals surface area contributed by atoms with Gasteiger partial charge < -0.3 is 10.4 Å². The van der Waals surface area contributed by atoms with Crippen LogP contribution >= 0.6 is 0 Å². The first kappa shape index (κ1) is 16.1. The molecule has 0 aliphatic heterocycles. The Morgan fingerprint density at radius 1 is 1.23 bits per heavy atom. The highest BCUT2D eigenvalue weighted by molar-refractivity contribution is 5.65. The molecule has 9 heteroatoms. The largest absolute Gasteiger partial charge is 0.465 e. The van der Waals surface area contributed by atoms with Crippen molar-refractivity contribution in [2.24, 2.45) is 0 Å². The highest BCUT2D eigenvalue weighted by Gasteiger charge is 2.36. The number of rotatable bonds is 4. The zero-order valence-corrected chi connectivity index (χ0v) is 13.6. The zero-order valence-electron chi connectivity index (χ0n) is 13.6. The van der Waals surface area contributed by atoms with E-state index in [1.807, 2.05) is 0 Å². The number of nitrogens with zero attached hydrogens (tertiary/aromatic N) is 5. The molecular weight excluding hydrogens is 339 g/mol. The molecule has 4 rings (SSSR count). The summed E-state index contributed by atoms with van der Waals surface area (Å²) in [7, 11) is 0. The minimum absolute atomic E-state index is 0.0237. The van der Waals surface area contributed by atoms with Gasteiger partial charge in [0, 0.05) is 24.4 Å². The molecule has 0 bridgehead atoms. The van der Waals surface area contributed by atoms with E-state index in [9.17, 15) is 9.18 Å². The van der Waals surface area contributed by atoms with Gasteiger partial charge in [0.25, 0.3) is 0 Å². The minimum atomic E-state index is -1.05. The summed E-state index contributed by atoms with van der Waals surface area (Å²) in [6, 6.07) is 6.23. The molecule has 2 N–H and O–H groups in total. The molecule has 1 saturated carbocycles. The molecule has 0 spiro atoms. The molecule has 0 saturated heterocycles. The number of halogens is 1. The van der Waals surface area contributed by atoms with E-state index < -0.39 is 11.9 Å². The average Bonchev–Trinajstić information content (AvgIpc) is 3.03. The Morgan fingerprint density at radius 2 is 2.04 bits per heavy atom. The normalized spacial score (nSPS) is 19.0. The lowest BCUT2D eigenvalue weighted by Gasteiger charge is -2.34. The molecule has 26 heavy (non-hydrogen) atoms. The maximum Gasteiger partial charge on any atom is 0.404 e. The van der Waals surface area contributed by atoms with E-state index in [-0.39, 0.29) is 12.0 Å². The quantitative estimate of drug-likeness (QED) is 0.745. The van der Waals surface area contributed by atoms with Crippen molar-refractivity contribution in [3.05, 3.63) is 54.5 Å². The van der Waals surface area contributed by atoms with Gasteiger partial charge in [-0.3, -0.25) is 9.55 Å². The first-order valence-electron chi connectivity index (χ1n) is 8.09. The third kappa shape index (κ3) is 2.87. The van der Waals surface area contributed by atoms with Crippen LogP contribution in [-0.4, -0.2) is 42.0 Å². The Balaban J connectivity index is 1.75. The summed E-state index contributed by atoms with van der Waals surface area (Å²) in [4.78, 5) is 19.0. The molecule has 1 aliphatic rings. The minimum Gasteiger partial charge on any atom is -0.465 e. The van der Waals surface area contributed by atoms with Crippen molar-refractivity contribution in [2.45, 2.75) is 24.8 Å². The number of para-hydroxylation sites is 1. The number of carboxylic acid groups (broad SMARTS) is 1. The van der Waals surface area contributed by atoms with Gasteiger partial charge in [-0.25, -0.2) is 14.2 Å². The second-order valence-electron chi connectivity index (χ2n) is 6.07. The summed E-state index contributed by atoms with van der Waals surface area (Å²) >= 11 is 0. The smallest absolute Gasteiger partial charge is 0.404 e. The Hall–Kier alpha value is -3.36. The molecule has 0 radical (unpaired) electrons. The van der Waals surface area contributed by atoms with Crippen LogP contribution in [0, 0.1) is 5.82 Å². The molecule has 1 amide bonds. The van der Waals surface area contributed by atoms with Crippen LogP contribution in [0.25, 0.3) is 17.2 Å². The number of hydrogen-bond acceptors (Lipinski definition) is 5.